The summed E-state index contributed by atoms with van der Waals surface area (Å²) in [5.41, 5.74) is 0.980. The van der Waals surface area contributed by atoms with Crippen LogP contribution in [0.4, 0.5) is 0 Å². The first kappa shape index (κ1) is 20.0. The Morgan fingerprint density at radius 3 is 2.31 bits per heavy atom. The predicted octanol–water partition coefficient (Wildman–Crippen LogP) is 3.78. The van der Waals surface area contributed by atoms with Gasteiger partial charge in [-0.15, -0.1) is 11.3 Å². The first-order valence-electron chi connectivity index (χ1n) is 8.79. The number of carbonyl (C=O) groups excluding carboxylic acids is 2. The Morgan fingerprint density at radius 1 is 1.08 bits per heavy atom. The number of thiophene rings is 1. The van der Waals surface area contributed by atoms with Gasteiger partial charge in [-0.05, 0) is 48.9 Å². The first-order valence-corrected chi connectivity index (χ1v) is 9.67. The number of rotatable bonds is 8. The Labute approximate surface area is 158 Å². The van der Waals surface area contributed by atoms with Gasteiger partial charge in [0.1, 0.15) is 11.8 Å². The Kier molecular flexibility index (Phi) is 7.21. The Morgan fingerprint density at radius 2 is 1.77 bits per heavy atom. The van der Waals surface area contributed by atoms with E-state index < -0.39 is 6.04 Å². The fourth-order valence-electron chi connectivity index (χ4n) is 2.56. The van der Waals surface area contributed by atoms with Crippen molar-refractivity contribution in [2.24, 2.45) is 5.92 Å². The van der Waals surface area contributed by atoms with Gasteiger partial charge in [0.25, 0.3) is 5.91 Å². The van der Waals surface area contributed by atoms with E-state index in [9.17, 15) is 9.59 Å². The van der Waals surface area contributed by atoms with E-state index in [0.717, 1.165) is 11.3 Å². The van der Waals surface area contributed by atoms with Crippen LogP contribution in [0.25, 0.3) is 0 Å². The maximum atomic E-state index is 12.7. The largest absolute Gasteiger partial charge is 0.494 e. The second-order valence-corrected chi connectivity index (χ2v) is 7.35. The van der Waals surface area contributed by atoms with Crippen molar-refractivity contribution < 1.29 is 14.3 Å². The highest BCUT2D eigenvalue weighted by atomic mass is 32.1. The fourth-order valence-corrected chi connectivity index (χ4v) is 3.19. The van der Waals surface area contributed by atoms with E-state index in [4.69, 9.17) is 4.74 Å². The van der Waals surface area contributed by atoms with Crippen LogP contribution in [0.3, 0.4) is 0 Å². The normalized spacial score (nSPS) is 13.1. The van der Waals surface area contributed by atoms with Crippen molar-refractivity contribution in [1.29, 1.82) is 0 Å². The molecule has 0 radical (unpaired) electrons. The molecule has 2 N–H and O–H groups in total. The average molecular weight is 375 g/mol. The molecule has 26 heavy (non-hydrogen) atoms. The van der Waals surface area contributed by atoms with Crippen molar-refractivity contribution in [2.45, 2.75) is 39.8 Å². The topological polar surface area (TPSA) is 67.4 Å². The third-order valence-electron chi connectivity index (χ3n) is 4.03. The zero-order valence-corrected chi connectivity index (χ0v) is 16.4. The van der Waals surface area contributed by atoms with E-state index >= 15 is 0 Å². The molecular weight excluding hydrogens is 348 g/mol. The van der Waals surface area contributed by atoms with E-state index in [2.05, 4.69) is 10.6 Å². The summed E-state index contributed by atoms with van der Waals surface area (Å²) in [6.07, 6.45) is 0. The van der Waals surface area contributed by atoms with Crippen LogP contribution in [0.1, 0.15) is 49.0 Å². The van der Waals surface area contributed by atoms with Crippen molar-refractivity contribution in [1.82, 2.24) is 10.6 Å². The molecule has 1 aromatic heterocycles. The van der Waals surface area contributed by atoms with Gasteiger partial charge in [-0.3, -0.25) is 9.59 Å². The number of hydrogen-bond acceptors (Lipinski definition) is 4. The van der Waals surface area contributed by atoms with Crippen molar-refractivity contribution in [3.63, 3.8) is 0 Å². The van der Waals surface area contributed by atoms with Crippen LogP contribution in [0.15, 0.2) is 41.8 Å². The fraction of sp³-hybridized carbons (Fsp3) is 0.400. The minimum absolute atomic E-state index is 0.0218. The average Bonchev–Trinajstić information content (AvgIpc) is 3.14. The number of amides is 2. The molecule has 5 nitrogen and oxygen atoms in total. The predicted molar refractivity (Wildman–Crippen MR) is 105 cm³/mol. The zero-order valence-electron chi connectivity index (χ0n) is 15.6. The molecule has 0 bridgehead atoms. The number of carbonyl (C=O) groups is 2. The minimum Gasteiger partial charge on any atom is -0.494 e. The number of hydrogen-bond donors (Lipinski definition) is 2. The van der Waals surface area contributed by atoms with Crippen LogP contribution >= 0.6 is 11.3 Å². The standard InChI is InChI=1S/C20H26N2O3S/c1-5-25-16-10-8-15(9-11-16)14(4)21-20(24)18(13(2)3)22-19(23)17-7-6-12-26-17/h6-14,18H,5H2,1-4H3,(H,21,24)(H,22,23). The molecule has 0 aliphatic heterocycles. The minimum atomic E-state index is -0.588. The van der Waals surface area contributed by atoms with Crippen molar-refractivity contribution >= 4 is 23.2 Å². The summed E-state index contributed by atoms with van der Waals surface area (Å²) < 4.78 is 5.44. The third kappa shape index (κ3) is 5.33. The lowest BCUT2D eigenvalue weighted by atomic mass is 10.0. The van der Waals surface area contributed by atoms with E-state index in [-0.39, 0.29) is 23.8 Å². The summed E-state index contributed by atoms with van der Waals surface area (Å²) in [6.45, 7) is 8.31. The van der Waals surface area contributed by atoms with Crippen molar-refractivity contribution in [2.75, 3.05) is 6.61 Å². The van der Waals surface area contributed by atoms with E-state index in [1.54, 1.807) is 6.07 Å². The zero-order chi connectivity index (χ0) is 19.1. The molecule has 140 valence electrons. The summed E-state index contributed by atoms with van der Waals surface area (Å²) in [6, 6.07) is 10.5. The molecule has 0 spiro atoms. The van der Waals surface area contributed by atoms with Crippen LogP contribution < -0.4 is 15.4 Å². The molecule has 2 unspecified atom stereocenters. The summed E-state index contributed by atoms with van der Waals surface area (Å²) in [5, 5.41) is 7.67. The van der Waals surface area contributed by atoms with Gasteiger partial charge in [-0.1, -0.05) is 32.0 Å². The van der Waals surface area contributed by atoms with Gasteiger partial charge in [0.15, 0.2) is 0 Å². The first-order chi connectivity index (χ1) is 12.4. The molecule has 2 rings (SSSR count). The molecule has 2 amide bonds. The lowest BCUT2D eigenvalue weighted by Gasteiger charge is -2.24. The molecular formula is C20H26N2O3S. The Bertz CT molecular complexity index is 711. The molecule has 0 aliphatic rings. The molecule has 0 saturated carbocycles. The molecule has 0 aliphatic carbocycles. The van der Waals surface area contributed by atoms with Crippen LogP contribution in [-0.4, -0.2) is 24.5 Å². The van der Waals surface area contributed by atoms with Gasteiger partial charge in [0.05, 0.1) is 17.5 Å². The summed E-state index contributed by atoms with van der Waals surface area (Å²) >= 11 is 1.36. The summed E-state index contributed by atoms with van der Waals surface area (Å²) in [5.74, 6) is 0.373. The van der Waals surface area contributed by atoms with Gasteiger partial charge in [0, 0.05) is 0 Å². The molecule has 1 heterocycles. The quantitative estimate of drug-likeness (QED) is 0.739. The van der Waals surface area contributed by atoms with Gasteiger partial charge in [0.2, 0.25) is 5.91 Å². The number of nitrogens with one attached hydrogen (secondary N) is 2. The van der Waals surface area contributed by atoms with E-state index in [1.165, 1.54) is 11.3 Å². The van der Waals surface area contributed by atoms with Gasteiger partial charge in [-0.25, -0.2) is 0 Å². The lowest BCUT2D eigenvalue weighted by molar-refractivity contribution is -0.124. The van der Waals surface area contributed by atoms with Gasteiger partial charge in [-0.2, -0.15) is 0 Å². The summed E-state index contributed by atoms with van der Waals surface area (Å²) in [7, 11) is 0. The smallest absolute Gasteiger partial charge is 0.262 e. The second kappa shape index (κ2) is 9.38. The summed E-state index contributed by atoms with van der Waals surface area (Å²) in [4.78, 5) is 25.6. The SMILES string of the molecule is CCOc1ccc(C(C)NC(=O)C(NC(=O)c2cccs2)C(C)C)cc1. The maximum absolute atomic E-state index is 12.7. The highest BCUT2D eigenvalue weighted by Crippen LogP contribution is 2.18. The number of benzene rings is 1. The Hall–Kier alpha value is -2.34. The highest BCUT2D eigenvalue weighted by Gasteiger charge is 2.26. The third-order valence-corrected chi connectivity index (χ3v) is 4.90. The van der Waals surface area contributed by atoms with Crippen LogP contribution in [-0.2, 0) is 4.79 Å². The molecule has 2 aromatic rings. The van der Waals surface area contributed by atoms with E-state index in [0.29, 0.717) is 11.5 Å². The number of ether oxygens (including phenoxy) is 1. The van der Waals surface area contributed by atoms with Gasteiger partial charge >= 0.3 is 0 Å². The lowest BCUT2D eigenvalue weighted by Crippen LogP contribution is -2.50. The Balaban J connectivity index is 2.00. The van der Waals surface area contributed by atoms with Crippen molar-refractivity contribution in [3.8, 4) is 5.75 Å². The highest BCUT2D eigenvalue weighted by molar-refractivity contribution is 7.12. The maximum Gasteiger partial charge on any atom is 0.262 e. The molecule has 0 saturated heterocycles. The van der Waals surface area contributed by atoms with Crippen molar-refractivity contribution in [3.05, 3.63) is 52.2 Å². The molecule has 6 heteroatoms. The van der Waals surface area contributed by atoms with Crippen LogP contribution in [0.2, 0.25) is 0 Å². The van der Waals surface area contributed by atoms with E-state index in [1.807, 2.05) is 63.4 Å². The second-order valence-electron chi connectivity index (χ2n) is 6.40. The molecule has 0 fully saturated rings. The van der Waals surface area contributed by atoms with Crippen LogP contribution in [0.5, 0.6) is 5.75 Å². The monoisotopic (exact) mass is 374 g/mol. The molecule has 1 aromatic carbocycles. The van der Waals surface area contributed by atoms with Crippen LogP contribution in [0, 0.1) is 5.92 Å². The van der Waals surface area contributed by atoms with Gasteiger partial charge < -0.3 is 15.4 Å². The molecule has 2 atom stereocenters.